The van der Waals surface area contributed by atoms with Crippen LogP contribution in [0.4, 0.5) is 13.2 Å². The lowest BCUT2D eigenvalue weighted by Crippen LogP contribution is -2.31. The van der Waals surface area contributed by atoms with Crippen LogP contribution < -0.4 is 9.47 Å². The SMILES string of the molecule is CC(C)(CC(=O)O)Oc1ccc(Oc2ccc(C(F)(F)F)cc2)cc1. The normalized spacial score (nSPS) is 11.9. The van der Waals surface area contributed by atoms with Crippen LogP contribution in [0, 0.1) is 0 Å². The van der Waals surface area contributed by atoms with Gasteiger partial charge < -0.3 is 14.6 Å². The first kappa shape index (κ1) is 18.6. The molecule has 0 aliphatic rings. The van der Waals surface area contributed by atoms with Gasteiger partial charge in [-0.3, -0.25) is 4.79 Å². The van der Waals surface area contributed by atoms with Gasteiger partial charge in [-0.25, -0.2) is 0 Å². The molecule has 2 aromatic rings. The number of benzene rings is 2. The van der Waals surface area contributed by atoms with Crippen molar-refractivity contribution < 1.29 is 32.5 Å². The van der Waals surface area contributed by atoms with E-state index in [9.17, 15) is 18.0 Å². The lowest BCUT2D eigenvalue weighted by molar-refractivity contribution is -0.140. The average molecular weight is 354 g/mol. The van der Waals surface area contributed by atoms with E-state index in [4.69, 9.17) is 14.6 Å². The van der Waals surface area contributed by atoms with E-state index < -0.39 is 23.3 Å². The Balaban J connectivity index is 2.02. The van der Waals surface area contributed by atoms with Crippen molar-refractivity contribution in [3.05, 3.63) is 54.1 Å². The van der Waals surface area contributed by atoms with Gasteiger partial charge in [0.05, 0.1) is 12.0 Å². The van der Waals surface area contributed by atoms with E-state index in [0.717, 1.165) is 12.1 Å². The fourth-order valence-corrected chi connectivity index (χ4v) is 2.14. The van der Waals surface area contributed by atoms with Crippen LogP contribution in [0.5, 0.6) is 17.2 Å². The molecule has 2 aromatic carbocycles. The van der Waals surface area contributed by atoms with Crippen LogP contribution in [-0.4, -0.2) is 16.7 Å². The first-order chi connectivity index (χ1) is 11.5. The molecule has 0 aromatic heterocycles. The highest BCUT2D eigenvalue weighted by atomic mass is 19.4. The topological polar surface area (TPSA) is 55.8 Å². The van der Waals surface area contributed by atoms with Gasteiger partial charge in [-0.05, 0) is 62.4 Å². The van der Waals surface area contributed by atoms with Gasteiger partial charge in [-0.2, -0.15) is 13.2 Å². The average Bonchev–Trinajstić information content (AvgIpc) is 2.47. The first-order valence-electron chi connectivity index (χ1n) is 7.41. The molecule has 0 heterocycles. The molecule has 2 rings (SSSR count). The molecule has 0 bridgehead atoms. The lowest BCUT2D eigenvalue weighted by atomic mass is 10.1. The Kier molecular flexibility index (Phi) is 5.25. The first-order valence-corrected chi connectivity index (χ1v) is 7.41. The summed E-state index contributed by atoms with van der Waals surface area (Å²) in [6.07, 6.45) is -4.54. The van der Waals surface area contributed by atoms with Crippen LogP contribution in [0.1, 0.15) is 25.8 Å². The van der Waals surface area contributed by atoms with Crippen molar-refractivity contribution in [2.75, 3.05) is 0 Å². The molecule has 0 saturated heterocycles. The van der Waals surface area contributed by atoms with Crippen molar-refractivity contribution in [1.82, 2.24) is 0 Å². The van der Waals surface area contributed by atoms with Gasteiger partial charge in [0.15, 0.2) is 0 Å². The van der Waals surface area contributed by atoms with Crippen LogP contribution in [-0.2, 0) is 11.0 Å². The fraction of sp³-hybridized carbons (Fsp3) is 0.278. The van der Waals surface area contributed by atoms with Gasteiger partial charge in [0.25, 0.3) is 0 Å². The molecular weight excluding hydrogens is 337 g/mol. The summed E-state index contributed by atoms with van der Waals surface area (Å²) >= 11 is 0. The highest BCUT2D eigenvalue weighted by Crippen LogP contribution is 2.32. The number of aliphatic carboxylic acids is 1. The Morgan fingerprint density at radius 2 is 1.36 bits per heavy atom. The summed E-state index contributed by atoms with van der Waals surface area (Å²) in [5, 5.41) is 8.83. The van der Waals surface area contributed by atoms with Crippen molar-refractivity contribution in [3.8, 4) is 17.2 Å². The third-order valence-corrected chi connectivity index (χ3v) is 3.21. The Hall–Kier alpha value is -2.70. The largest absolute Gasteiger partial charge is 0.487 e. The van der Waals surface area contributed by atoms with E-state index in [1.807, 2.05) is 0 Å². The summed E-state index contributed by atoms with van der Waals surface area (Å²) in [4.78, 5) is 10.8. The van der Waals surface area contributed by atoms with Crippen molar-refractivity contribution >= 4 is 5.97 Å². The molecule has 25 heavy (non-hydrogen) atoms. The van der Waals surface area contributed by atoms with Gasteiger partial charge in [0, 0.05) is 0 Å². The Bertz CT molecular complexity index is 719. The second-order valence-corrected chi connectivity index (χ2v) is 6.03. The summed E-state index contributed by atoms with van der Waals surface area (Å²) in [5.74, 6) is 0.189. The number of hydrogen-bond acceptors (Lipinski definition) is 3. The Morgan fingerprint density at radius 1 is 0.920 bits per heavy atom. The van der Waals surface area contributed by atoms with E-state index in [0.29, 0.717) is 11.5 Å². The highest BCUT2D eigenvalue weighted by Gasteiger charge is 2.30. The highest BCUT2D eigenvalue weighted by molar-refractivity contribution is 5.68. The molecule has 1 N–H and O–H groups in total. The van der Waals surface area contributed by atoms with Crippen LogP contribution in [0.2, 0.25) is 0 Å². The zero-order chi connectivity index (χ0) is 18.7. The molecule has 0 amide bonds. The quantitative estimate of drug-likeness (QED) is 0.781. The molecule has 4 nitrogen and oxygen atoms in total. The van der Waals surface area contributed by atoms with Crippen molar-refractivity contribution in [1.29, 1.82) is 0 Å². The molecule has 134 valence electrons. The van der Waals surface area contributed by atoms with E-state index in [1.54, 1.807) is 38.1 Å². The minimum absolute atomic E-state index is 0.156. The summed E-state index contributed by atoms with van der Waals surface area (Å²) in [6, 6.07) is 10.7. The van der Waals surface area contributed by atoms with Gasteiger partial charge in [-0.1, -0.05) is 0 Å². The molecule has 0 saturated carbocycles. The monoisotopic (exact) mass is 354 g/mol. The zero-order valence-corrected chi connectivity index (χ0v) is 13.6. The molecule has 0 fully saturated rings. The van der Waals surface area contributed by atoms with Crippen LogP contribution in [0.25, 0.3) is 0 Å². The molecule has 0 aliphatic carbocycles. The van der Waals surface area contributed by atoms with Crippen LogP contribution in [0.15, 0.2) is 48.5 Å². The number of carbonyl (C=O) groups is 1. The van der Waals surface area contributed by atoms with Crippen molar-refractivity contribution in [2.45, 2.75) is 32.0 Å². The number of carboxylic acids is 1. The fourth-order valence-electron chi connectivity index (χ4n) is 2.14. The zero-order valence-electron chi connectivity index (χ0n) is 13.6. The van der Waals surface area contributed by atoms with E-state index in [-0.39, 0.29) is 12.2 Å². The van der Waals surface area contributed by atoms with E-state index >= 15 is 0 Å². The van der Waals surface area contributed by atoms with E-state index in [2.05, 4.69) is 0 Å². The minimum Gasteiger partial charge on any atom is -0.487 e. The summed E-state index contributed by atoms with van der Waals surface area (Å²) < 4.78 is 48.6. The number of rotatable bonds is 6. The number of carboxylic acid groups (broad SMARTS) is 1. The maximum atomic E-state index is 12.5. The third-order valence-electron chi connectivity index (χ3n) is 3.21. The molecule has 0 spiro atoms. The van der Waals surface area contributed by atoms with Gasteiger partial charge in [0.1, 0.15) is 22.8 Å². The van der Waals surface area contributed by atoms with Gasteiger partial charge in [0.2, 0.25) is 0 Å². The summed E-state index contributed by atoms with van der Waals surface area (Å²) in [7, 11) is 0. The Labute approximate surface area is 142 Å². The van der Waals surface area contributed by atoms with E-state index in [1.165, 1.54) is 12.1 Å². The minimum atomic E-state index is -4.39. The maximum absolute atomic E-state index is 12.5. The number of ether oxygens (including phenoxy) is 2. The lowest BCUT2D eigenvalue weighted by Gasteiger charge is -2.24. The van der Waals surface area contributed by atoms with Gasteiger partial charge in [-0.15, -0.1) is 0 Å². The smallest absolute Gasteiger partial charge is 0.416 e. The maximum Gasteiger partial charge on any atom is 0.416 e. The second kappa shape index (κ2) is 7.04. The second-order valence-electron chi connectivity index (χ2n) is 6.03. The van der Waals surface area contributed by atoms with Crippen molar-refractivity contribution in [2.24, 2.45) is 0 Å². The predicted octanol–water partition coefficient (Wildman–Crippen LogP) is 5.13. The number of halogens is 3. The Morgan fingerprint density at radius 3 is 1.80 bits per heavy atom. The molecule has 7 heteroatoms. The molecule has 0 radical (unpaired) electrons. The molecular formula is C18H17F3O4. The summed E-state index contributed by atoms with van der Waals surface area (Å²) in [6.45, 7) is 3.32. The van der Waals surface area contributed by atoms with Crippen LogP contribution in [0.3, 0.4) is 0 Å². The third kappa shape index (κ3) is 5.70. The number of alkyl halides is 3. The summed E-state index contributed by atoms with van der Waals surface area (Å²) in [5.41, 5.74) is -1.62. The molecule has 0 unspecified atom stereocenters. The molecule has 0 aliphatic heterocycles. The molecule has 0 atom stereocenters. The van der Waals surface area contributed by atoms with Gasteiger partial charge >= 0.3 is 12.1 Å². The van der Waals surface area contributed by atoms with Crippen LogP contribution >= 0.6 is 0 Å². The number of hydrogen-bond donors (Lipinski definition) is 1. The predicted molar refractivity (Wildman–Crippen MR) is 84.9 cm³/mol. The standard InChI is InChI=1S/C18H17F3O4/c1-17(2,11-16(22)23)25-15-9-7-14(8-10-15)24-13-5-3-12(4-6-13)18(19,20)21/h3-10H,11H2,1-2H3,(H,22,23). The van der Waals surface area contributed by atoms with Crippen molar-refractivity contribution in [3.63, 3.8) is 0 Å².